The molecular formula is C12H13NO3. The first-order chi connectivity index (χ1) is 7.66. The van der Waals surface area contributed by atoms with E-state index in [9.17, 15) is 4.79 Å². The molecule has 0 spiro atoms. The highest BCUT2D eigenvalue weighted by Crippen LogP contribution is 2.34. The maximum atomic E-state index is 10.5. The van der Waals surface area contributed by atoms with Crippen molar-refractivity contribution in [2.75, 3.05) is 6.61 Å². The molecule has 1 aliphatic heterocycles. The fourth-order valence-electron chi connectivity index (χ4n) is 1.81. The summed E-state index contributed by atoms with van der Waals surface area (Å²) in [5.41, 5.74) is 2.81. The molecule has 0 amide bonds. The summed E-state index contributed by atoms with van der Waals surface area (Å²) in [5.74, 6) is -0.947. The SMILES string of the molecule is CC1=Nc2ccccc2C(OCC(=O)O)C1. The van der Waals surface area contributed by atoms with Crippen LogP contribution in [-0.4, -0.2) is 23.4 Å². The van der Waals surface area contributed by atoms with E-state index in [4.69, 9.17) is 9.84 Å². The van der Waals surface area contributed by atoms with Crippen molar-refractivity contribution in [2.45, 2.75) is 19.4 Å². The zero-order valence-electron chi connectivity index (χ0n) is 9.01. The Morgan fingerprint density at radius 1 is 1.56 bits per heavy atom. The molecule has 0 aliphatic carbocycles. The summed E-state index contributed by atoms with van der Waals surface area (Å²) in [6.07, 6.45) is 0.467. The highest BCUT2D eigenvalue weighted by Gasteiger charge is 2.21. The van der Waals surface area contributed by atoms with Crippen LogP contribution in [0.4, 0.5) is 5.69 Å². The molecule has 1 unspecified atom stereocenters. The van der Waals surface area contributed by atoms with Crippen LogP contribution in [0.3, 0.4) is 0 Å². The molecule has 1 atom stereocenters. The van der Waals surface area contributed by atoms with Crippen molar-refractivity contribution in [3.63, 3.8) is 0 Å². The standard InChI is InChI=1S/C12H13NO3/c1-8-6-11(16-7-12(14)15)9-4-2-3-5-10(9)13-8/h2-5,11H,6-7H2,1H3,(H,14,15). The van der Waals surface area contributed by atoms with Crippen LogP contribution < -0.4 is 0 Å². The lowest BCUT2D eigenvalue weighted by Crippen LogP contribution is -2.16. The predicted octanol–water partition coefficient (Wildman–Crippen LogP) is 2.33. The van der Waals surface area contributed by atoms with Gasteiger partial charge in [0.1, 0.15) is 6.61 Å². The molecule has 16 heavy (non-hydrogen) atoms. The van der Waals surface area contributed by atoms with E-state index >= 15 is 0 Å². The van der Waals surface area contributed by atoms with Gasteiger partial charge in [-0.1, -0.05) is 18.2 Å². The van der Waals surface area contributed by atoms with E-state index in [1.807, 2.05) is 31.2 Å². The second-order valence-electron chi connectivity index (χ2n) is 3.80. The van der Waals surface area contributed by atoms with Gasteiger partial charge in [-0.3, -0.25) is 4.99 Å². The number of carboxylic acids is 1. The zero-order chi connectivity index (χ0) is 11.5. The van der Waals surface area contributed by atoms with Gasteiger partial charge in [0.25, 0.3) is 0 Å². The molecule has 84 valence electrons. The lowest BCUT2D eigenvalue weighted by molar-refractivity contribution is -0.144. The second kappa shape index (κ2) is 4.45. The Kier molecular flexibility index (Phi) is 3.01. The maximum Gasteiger partial charge on any atom is 0.329 e. The average molecular weight is 219 g/mol. The van der Waals surface area contributed by atoms with Crippen LogP contribution >= 0.6 is 0 Å². The number of hydrogen-bond acceptors (Lipinski definition) is 3. The van der Waals surface area contributed by atoms with Gasteiger partial charge in [0, 0.05) is 17.7 Å². The number of para-hydroxylation sites is 1. The van der Waals surface area contributed by atoms with Crippen LogP contribution in [0.15, 0.2) is 29.3 Å². The van der Waals surface area contributed by atoms with Crippen LogP contribution in [0.5, 0.6) is 0 Å². The van der Waals surface area contributed by atoms with E-state index in [0.29, 0.717) is 6.42 Å². The summed E-state index contributed by atoms with van der Waals surface area (Å²) in [4.78, 5) is 14.9. The molecule has 2 rings (SSSR count). The molecule has 0 saturated carbocycles. The molecule has 1 N–H and O–H groups in total. The summed E-state index contributed by atoms with van der Waals surface area (Å²) in [6.45, 7) is 1.65. The first kappa shape index (κ1) is 10.8. The topological polar surface area (TPSA) is 58.9 Å². The summed E-state index contributed by atoms with van der Waals surface area (Å²) < 4.78 is 5.36. The van der Waals surface area contributed by atoms with E-state index in [2.05, 4.69) is 4.99 Å². The third-order valence-corrected chi connectivity index (χ3v) is 2.48. The fraction of sp³-hybridized carbons (Fsp3) is 0.333. The van der Waals surface area contributed by atoms with Gasteiger partial charge < -0.3 is 9.84 Å². The minimum atomic E-state index is -0.947. The number of fused-ring (bicyclic) bond motifs is 1. The third-order valence-electron chi connectivity index (χ3n) is 2.48. The fourth-order valence-corrected chi connectivity index (χ4v) is 1.81. The van der Waals surface area contributed by atoms with Gasteiger partial charge in [0.05, 0.1) is 11.8 Å². The number of ether oxygens (including phenoxy) is 1. The lowest BCUT2D eigenvalue weighted by atomic mass is 9.99. The Morgan fingerprint density at radius 2 is 2.31 bits per heavy atom. The zero-order valence-corrected chi connectivity index (χ0v) is 9.01. The molecule has 1 aromatic rings. The van der Waals surface area contributed by atoms with Crippen LogP contribution in [0, 0.1) is 0 Å². The molecule has 1 aromatic carbocycles. The van der Waals surface area contributed by atoms with Gasteiger partial charge in [0.15, 0.2) is 0 Å². The molecule has 0 radical (unpaired) electrons. The molecule has 4 nitrogen and oxygen atoms in total. The van der Waals surface area contributed by atoms with Crippen molar-refractivity contribution >= 4 is 17.4 Å². The molecule has 0 saturated heterocycles. The highest BCUT2D eigenvalue weighted by atomic mass is 16.5. The minimum Gasteiger partial charge on any atom is -0.480 e. The van der Waals surface area contributed by atoms with Gasteiger partial charge in [-0.25, -0.2) is 4.79 Å². The van der Waals surface area contributed by atoms with Crippen molar-refractivity contribution in [2.24, 2.45) is 4.99 Å². The normalized spacial score (nSPS) is 18.8. The van der Waals surface area contributed by atoms with Crippen LogP contribution in [0.1, 0.15) is 25.0 Å². The predicted molar refractivity (Wildman–Crippen MR) is 60.2 cm³/mol. The highest BCUT2D eigenvalue weighted by molar-refractivity contribution is 5.87. The van der Waals surface area contributed by atoms with Crippen molar-refractivity contribution < 1.29 is 14.6 Å². The maximum absolute atomic E-state index is 10.5. The molecule has 1 heterocycles. The summed E-state index contributed by atoms with van der Waals surface area (Å²) in [6, 6.07) is 7.66. The number of aliphatic carboxylic acids is 1. The van der Waals surface area contributed by atoms with Gasteiger partial charge in [-0.05, 0) is 13.0 Å². The van der Waals surface area contributed by atoms with Crippen LogP contribution in [0.25, 0.3) is 0 Å². The van der Waals surface area contributed by atoms with E-state index < -0.39 is 5.97 Å². The molecule has 0 bridgehead atoms. The van der Waals surface area contributed by atoms with Gasteiger partial charge in [-0.15, -0.1) is 0 Å². The Hall–Kier alpha value is -1.68. The number of nitrogens with zero attached hydrogens (tertiary/aromatic N) is 1. The third kappa shape index (κ3) is 2.28. The number of aliphatic imine (C=N–C) groups is 1. The smallest absolute Gasteiger partial charge is 0.329 e. The van der Waals surface area contributed by atoms with Crippen molar-refractivity contribution in [1.29, 1.82) is 0 Å². The minimum absolute atomic E-state index is 0.190. The lowest BCUT2D eigenvalue weighted by Gasteiger charge is -2.23. The number of carboxylic acid groups (broad SMARTS) is 1. The molecule has 1 aliphatic rings. The first-order valence-electron chi connectivity index (χ1n) is 5.13. The van der Waals surface area contributed by atoms with Gasteiger partial charge in [0.2, 0.25) is 0 Å². The van der Waals surface area contributed by atoms with E-state index in [1.54, 1.807) is 0 Å². The second-order valence-corrected chi connectivity index (χ2v) is 3.80. The van der Waals surface area contributed by atoms with Crippen LogP contribution in [-0.2, 0) is 9.53 Å². The molecule has 4 heteroatoms. The van der Waals surface area contributed by atoms with Crippen molar-refractivity contribution in [3.8, 4) is 0 Å². The molecule has 0 aromatic heterocycles. The Bertz CT molecular complexity index is 440. The average Bonchev–Trinajstić information content (AvgIpc) is 2.25. The molecule has 0 fully saturated rings. The van der Waals surface area contributed by atoms with Crippen LogP contribution in [0.2, 0.25) is 0 Å². The van der Waals surface area contributed by atoms with Crippen molar-refractivity contribution in [3.05, 3.63) is 29.8 Å². The summed E-state index contributed by atoms with van der Waals surface area (Å²) in [7, 11) is 0. The first-order valence-corrected chi connectivity index (χ1v) is 5.13. The van der Waals surface area contributed by atoms with E-state index in [-0.39, 0.29) is 12.7 Å². The van der Waals surface area contributed by atoms with Gasteiger partial charge >= 0.3 is 5.97 Å². The summed E-state index contributed by atoms with van der Waals surface area (Å²) in [5, 5.41) is 8.60. The number of benzene rings is 1. The Balaban J connectivity index is 2.22. The number of rotatable bonds is 3. The monoisotopic (exact) mass is 219 g/mol. The largest absolute Gasteiger partial charge is 0.480 e. The molecular weight excluding hydrogens is 206 g/mol. The Labute approximate surface area is 93.6 Å². The van der Waals surface area contributed by atoms with Gasteiger partial charge in [-0.2, -0.15) is 0 Å². The number of hydrogen-bond donors (Lipinski definition) is 1. The number of carbonyl (C=O) groups is 1. The van der Waals surface area contributed by atoms with Crippen molar-refractivity contribution in [1.82, 2.24) is 0 Å². The summed E-state index contributed by atoms with van der Waals surface area (Å²) >= 11 is 0. The quantitative estimate of drug-likeness (QED) is 0.848. The van der Waals surface area contributed by atoms with E-state index in [1.165, 1.54) is 0 Å². The Morgan fingerprint density at radius 3 is 3.06 bits per heavy atom. The van der Waals surface area contributed by atoms with E-state index in [0.717, 1.165) is 17.0 Å².